The van der Waals surface area contributed by atoms with Crippen molar-refractivity contribution in [1.29, 1.82) is 0 Å². The van der Waals surface area contributed by atoms with E-state index in [-0.39, 0.29) is 0 Å². The van der Waals surface area contributed by atoms with Crippen LogP contribution in [0.15, 0.2) is 30.3 Å². The molecule has 138 valence electrons. The topological polar surface area (TPSA) is 97.4 Å². The highest BCUT2D eigenvalue weighted by Crippen LogP contribution is 2.28. The molecule has 1 heterocycles. The summed E-state index contributed by atoms with van der Waals surface area (Å²) in [5, 5.41) is 5.39. The zero-order valence-corrected chi connectivity index (χ0v) is 15.9. The number of thiazole rings is 1. The van der Waals surface area contributed by atoms with Crippen molar-refractivity contribution in [3.05, 3.63) is 40.9 Å². The Hall–Kier alpha value is -2.74. The van der Waals surface area contributed by atoms with Crippen LogP contribution < -0.4 is 10.6 Å². The molecule has 1 aromatic carbocycles. The van der Waals surface area contributed by atoms with Crippen LogP contribution in [0.4, 0.5) is 4.79 Å². The third kappa shape index (κ3) is 5.66. The summed E-state index contributed by atoms with van der Waals surface area (Å²) in [7, 11) is 0. The number of nitrogens with zero attached hydrogens (tertiary/aromatic N) is 1. The molecule has 0 bridgehead atoms. The molecule has 2 aromatic rings. The van der Waals surface area contributed by atoms with Crippen LogP contribution in [0.5, 0.6) is 0 Å². The number of ether oxygens (including phenoxy) is 1. The molecule has 0 unspecified atom stereocenters. The number of aromatic nitrogens is 1. The largest absolute Gasteiger partial charge is 0.451 e. The predicted octanol–water partition coefficient (Wildman–Crippen LogP) is 2.90. The van der Waals surface area contributed by atoms with Crippen LogP contribution in [0, 0.1) is 6.92 Å². The first-order valence-corrected chi connectivity index (χ1v) is 8.79. The summed E-state index contributed by atoms with van der Waals surface area (Å²) in [6.45, 7) is 6.51. The molecule has 0 saturated heterocycles. The fraction of sp³-hybridized carbons (Fsp3) is 0.333. The summed E-state index contributed by atoms with van der Waals surface area (Å²) in [5.41, 5.74) is 0.954. The first-order chi connectivity index (χ1) is 12.2. The van der Waals surface area contributed by atoms with Gasteiger partial charge in [-0.1, -0.05) is 30.3 Å². The first kappa shape index (κ1) is 19.6. The third-order valence-corrected chi connectivity index (χ3v) is 4.27. The van der Waals surface area contributed by atoms with Crippen molar-refractivity contribution < 1.29 is 19.1 Å². The van der Waals surface area contributed by atoms with Crippen LogP contribution in [-0.2, 0) is 9.53 Å². The molecule has 3 amide bonds. The Morgan fingerprint density at radius 1 is 1.15 bits per heavy atom. The number of hydrogen-bond donors (Lipinski definition) is 2. The standard InChI is InChI=1S/C18H21N3O4S/c1-11-14(26-15(19-11)12-8-6-5-7-9-12)16(23)25-10-13(22)20-17(24)21-18(2,3)4/h5-9H,10H2,1-4H3,(H2,20,21,22,24). The van der Waals surface area contributed by atoms with Gasteiger partial charge in [-0.15, -0.1) is 11.3 Å². The van der Waals surface area contributed by atoms with E-state index in [2.05, 4.69) is 15.6 Å². The van der Waals surface area contributed by atoms with E-state index in [1.165, 1.54) is 11.3 Å². The molecule has 0 spiro atoms. The predicted molar refractivity (Wildman–Crippen MR) is 99.0 cm³/mol. The Balaban J connectivity index is 1.93. The summed E-state index contributed by atoms with van der Waals surface area (Å²) in [6, 6.07) is 8.82. The lowest BCUT2D eigenvalue weighted by atomic mass is 10.1. The Labute approximate surface area is 155 Å². The van der Waals surface area contributed by atoms with Gasteiger partial charge in [0.05, 0.1) is 5.69 Å². The van der Waals surface area contributed by atoms with Crippen LogP contribution in [0.2, 0.25) is 0 Å². The minimum atomic E-state index is -0.703. The highest BCUT2D eigenvalue weighted by molar-refractivity contribution is 7.17. The molecular weight excluding hydrogens is 354 g/mol. The maximum Gasteiger partial charge on any atom is 0.350 e. The van der Waals surface area contributed by atoms with Crippen LogP contribution in [0.3, 0.4) is 0 Å². The Kier molecular flexibility index (Phi) is 6.10. The maximum atomic E-state index is 12.2. The number of benzene rings is 1. The van der Waals surface area contributed by atoms with Crippen molar-refractivity contribution in [2.24, 2.45) is 0 Å². The zero-order chi connectivity index (χ0) is 19.3. The van der Waals surface area contributed by atoms with E-state index < -0.39 is 30.1 Å². The highest BCUT2D eigenvalue weighted by Gasteiger charge is 2.20. The second-order valence-corrected chi connectivity index (χ2v) is 7.63. The van der Waals surface area contributed by atoms with Crippen LogP contribution in [0.25, 0.3) is 10.6 Å². The number of rotatable bonds is 4. The van der Waals surface area contributed by atoms with E-state index >= 15 is 0 Å². The van der Waals surface area contributed by atoms with Gasteiger partial charge in [-0.25, -0.2) is 14.6 Å². The van der Waals surface area contributed by atoms with Crippen LogP contribution in [0.1, 0.15) is 36.1 Å². The SMILES string of the molecule is Cc1nc(-c2ccccc2)sc1C(=O)OCC(=O)NC(=O)NC(C)(C)C. The number of carbonyl (C=O) groups is 3. The molecule has 0 aliphatic carbocycles. The molecule has 0 atom stereocenters. The first-order valence-electron chi connectivity index (χ1n) is 7.97. The van der Waals surface area contributed by atoms with Crippen molar-refractivity contribution in [2.45, 2.75) is 33.2 Å². The van der Waals surface area contributed by atoms with Gasteiger partial charge in [0, 0.05) is 11.1 Å². The van der Waals surface area contributed by atoms with E-state index in [1.807, 2.05) is 30.3 Å². The normalized spacial score (nSPS) is 10.9. The van der Waals surface area contributed by atoms with Crippen molar-refractivity contribution in [3.8, 4) is 10.6 Å². The molecule has 0 aliphatic rings. The van der Waals surface area contributed by atoms with Gasteiger partial charge >= 0.3 is 12.0 Å². The number of aryl methyl sites for hydroxylation is 1. The average Bonchev–Trinajstić information content (AvgIpc) is 2.93. The number of amides is 3. The molecule has 0 saturated carbocycles. The summed E-state index contributed by atoms with van der Waals surface area (Å²) < 4.78 is 4.99. The van der Waals surface area contributed by atoms with E-state index in [0.29, 0.717) is 15.6 Å². The van der Waals surface area contributed by atoms with Gasteiger partial charge in [0.15, 0.2) is 6.61 Å². The second-order valence-electron chi connectivity index (χ2n) is 6.63. The van der Waals surface area contributed by atoms with Crippen molar-refractivity contribution in [3.63, 3.8) is 0 Å². The summed E-state index contributed by atoms with van der Waals surface area (Å²) >= 11 is 1.20. The smallest absolute Gasteiger partial charge is 0.350 e. The summed E-state index contributed by atoms with van der Waals surface area (Å²) in [5.74, 6) is -1.35. The molecule has 8 heteroatoms. The van der Waals surface area contributed by atoms with Crippen molar-refractivity contribution >= 4 is 29.2 Å². The lowest BCUT2D eigenvalue weighted by Crippen LogP contribution is -2.49. The molecular formula is C18H21N3O4S. The van der Waals surface area contributed by atoms with Gasteiger partial charge in [0.25, 0.3) is 5.91 Å². The lowest BCUT2D eigenvalue weighted by Gasteiger charge is -2.20. The van der Waals surface area contributed by atoms with Gasteiger partial charge in [-0.3, -0.25) is 10.1 Å². The molecule has 7 nitrogen and oxygen atoms in total. The Morgan fingerprint density at radius 3 is 2.42 bits per heavy atom. The molecule has 26 heavy (non-hydrogen) atoms. The zero-order valence-electron chi connectivity index (χ0n) is 15.1. The molecule has 0 fully saturated rings. The van der Waals surface area contributed by atoms with Gasteiger partial charge in [0.2, 0.25) is 0 Å². The number of urea groups is 1. The van der Waals surface area contributed by atoms with E-state index in [1.54, 1.807) is 27.7 Å². The van der Waals surface area contributed by atoms with Crippen LogP contribution >= 0.6 is 11.3 Å². The van der Waals surface area contributed by atoms with E-state index in [9.17, 15) is 14.4 Å². The number of imide groups is 1. The number of nitrogens with one attached hydrogen (secondary N) is 2. The van der Waals surface area contributed by atoms with Crippen molar-refractivity contribution in [1.82, 2.24) is 15.6 Å². The number of esters is 1. The Morgan fingerprint density at radius 2 is 1.81 bits per heavy atom. The fourth-order valence-electron chi connectivity index (χ4n) is 2.02. The summed E-state index contributed by atoms with van der Waals surface area (Å²) in [6.07, 6.45) is 0. The average molecular weight is 375 g/mol. The minimum absolute atomic E-state index is 0.329. The summed E-state index contributed by atoms with van der Waals surface area (Å²) in [4.78, 5) is 40.2. The van der Waals surface area contributed by atoms with Crippen molar-refractivity contribution in [2.75, 3.05) is 6.61 Å². The quantitative estimate of drug-likeness (QED) is 0.801. The molecule has 2 N–H and O–H groups in total. The lowest BCUT2D eigenvalue weighted by molar-refractivity contribution is -0.123. The molecule has 0 radical (unpaired) electrons. The monoisotopic (exact) mass is 375 g/mol. The van der Waals surface area contributed by atoms with Crippen LogP contribution in [-0.4, -0.2) is 35.0 Å². The molecule has 1 aromatic heterocycles. The van der Waals surface area contributed by atoms with Gasteiger partial charge < -0.3 is 10.1 Å². The third-order valence-electron chi connectivity index (χ3n) is 3.08. The Bertz CT molecular complexity index is 810. The fourth-order valence-corrected chi connectivity index (χ4v) is 2.99. The minimum Gasteiger partial charge on any atom is -0.451 e. The van der Waals surface area contributed by atoms with Gasteiger partial charge in [-0.2, -0.15) is 0 Å². The second kappa shape index (κ2) is 8.09. The molecule has 2 rings (SSSR count). The highest BCUT2D eigenvalue weighted by atomic mass is 32.1. The number of carbonyl (C=O) groups excluding carboxylic acids is 3. The van der Waals surface area contributed by atoms with E-state index in [4.69, 9.17) is 4.74 Å². The maximum absolute atomic E-state index is 12.2. The van der Waals surface area contributed by atoms with E-state index in [0.717, 1.165) is 5.56 Å². The van der Waals surface area contributed by atoms with Gasteiger partial charge in [0.1, 0.15) is 9.88 Å². The van der Waals surface area contributed by atoms with Gasteiger partial charge in [-0.05, 0) is 27.7 Å². The molecule has 0 aliphatic heterocycles. The number of hydrogen-bond acceptors (Lipinski definition) is 6.